The van der Waals surface area contributed by atoms with Crippen molar-refractivity contribution in [2.45, 2.75) is 6.92 Å². The zero-order chi connectivity index (χ0) is 9.42. The molecule has 2 aromatic rings. The fourth-order valence-electron chi connectivity index (χ4n) is 1.62. The van der Waals surface area contributed by atoms with E-state index < -0.39 is 0 Å². The largest absolute Gasteiger partial charge is 0.367 e. The summed E-state index contributed by atoms with van der Waals surface area (Å²) < 4.78 is 1.62. The maximum absolute atomic E-state index is 11.6. The van der Waals surface area contributed by atoms with Gasteiger partial charge < -0.3 is 4.48 Å². The molecular formula is C10H10BNO. The van der Waals surface area contributed by atoms with E-state index in [0.717, 1.165) is 16.3 Å². The number of pyridine rings is 1. The van der Waals surface area contributed by atoms with Gasteiger partial charge in [0.25, 0.3) is 0 Å². The maximum Gasteiger partial charge on any atom is 0.245 e. The molecule has 0 aliphatic rings. The van der Waals surface area contributed by atoms with Crippen molar-refractivity contribution in [3.63, 3.8) is 0 Å². The van der Waals surface area contributed by atoms with E-state index in [1.54, 1.807) is 12.5 Å². The molecule has 0 saturated heterocycles. The SMILES string of the molecule is Bn1cc(C)c2ccccc2c1=O. The average Bonchev–Trinajstić information content (AvgIpc) is 2.15. The van der Waals surface area contributed by atoms with Crippen LogP contribution in [0, 0.1) is 6.92 Å². The standard InChI is InChI=1S/C10H10BNO/c1-7-6-12(11)10(13)9-5-3-2-4-8(7)9/h2-6H,11H2,1H3. The zero-order valence-corrected chi connectivity index (χ0v) is 7.74. The monoisotopic (exact) mass is 171 g/mol. The first-order valence-electron chi connectivity index (χ1n) is 4.25. The third-order valence-corrected chi connectivity index (χ3v) is 2.29. The van der Waals surface area contributed by atoms with Gasteiger partial charge in [0.15, 0.2) is 0 Å². The van der Waals surface area contributed by atoms with Gasteiger partial charge in [-0.1, -0.05) is 18.2 Å². The number of nitrogens with zero attached hydrogens (tertiary/aromatic N) is 1. The third-order valence-electron chi connectivity index (χ3n) is 2.29. The Balaban J connectivity index is 3.06. The number of rotatable bonds is 0. The van der Waals surface area contributed by atoms with E-state index in [2.05, 4.69) is 0 Å². The summed E-state index contributed by atoms with van der Waals surface area (Å²) in [5.41, 5.74) is 1.21. The number of hydrogen-bond acceptors (Lipinski definition) is 1. The van der Waals surface area contributed by atoms with Crippen LogP contribution < -0.4 is 5.56 Å². The van der Waals surface area contributed by atoms with Crippen molar-refractivity contribution in [3.05, 3.63) is 46.4 Å². The topological polar surface area (TPSA) is 22.0 Å². The van der Waals surface area contributed by atoms with E-state index in [4.69, 9.17) is 0 Å². The number of aryl methyl sites for hydroxylation is 1. The van der Waals surface area contributed by atoms with Crippen molar-refractivity contribution in [2.75, 3.05) is 0 Å². The molecule has 2 rings (SSSR count). The van der Waals surface area contributed by atoms with E-state index in [9.17, 15) is 4.79 Å². The Morgan fingerprint density at radius 2 is 1.85 bits per heavy atom. The first-order valence-corrected chi connectivity index (χ1v) is 4.25. The van der Waals surface area contributed by atoms with Crippen LogP contribution in [0.2, 0.25) is 0 Å². The van der Waals surface area contributed by atoms with Gasteiger partial charge in [-0.25, -0.2) is 0 Å². The smallest absolute Gasteiger partial charge is 0.245 e. The van der Waals surface area contributed by atoms with Gasteiger partial charge in [0.2, 0.25) is 13.5 Å². The summed E-state index contributed by atoms with van der Waals surface area (Å²) in [5.74, 6) is 0. The summed E-state index contributed by atoms with van der Waals surface area (Å²) in [4.78, 5) is 11.6. The minimum absolute atomic E-state index is 0.0706. The van der Waals surface area contributed by atoms with Crippen LogP contribution in [-0.4, -0.2) is 12.5 Å². The Morgan fingerprint density at radius 1 is 1.23 bits per heavy atom. The van der Waals surface area contributed by atoms with Crippen LogP contribution in [0.25, 0.3) is 10.8 Å². The van der Waals surface area contributed by atoms with Gasteiger partial charge in [-0.15, -0.1) is 0 Å². The van der Waals surface area contributed by atoms with Crippen LogP contribution in [0.1, 0.15) is 5.56 Å². The lowest BCUT2D eigenvalue weighted by atomic mass is 10.1. The van der Waals surface area contributed by atoms with Gasteiger partial charge in [0, 0.05) is 5.39 Å². The van der Waals surface area contributed by atoms with E-state index in [1.807, 2.05) is 37.4 Å². The predicted molar refractivity (Wildman–Crippen MR) is 56.9 cm³/mol. The van der Waals surface area contributed by atoms with Crippen LogP contribution in [0.5, 0.6) is 0 Å². The first kappa shape index (κ1) is 8.11. The Labute approximate surface area is 77.2 Å². The molecule has 0 spiro atoms. The molecule has 1 aromatic carbocycles. The molecular weight excluding hydrogens is 161 g/mol. The molecule has 64 valence electrons. The second-order valence-corrected chi connectivity index (χ2v) is 3.27. The Bertz CT molecular complexity index is 516. The lowest BCUT2D eigenvalue weighted by molar-refractivity contribution is 1.13. The molecule has 0 N–H and O–H groups in total. The van der Waals surface area contributed by atoms with Gasteiger partial charge >= 0.3 is 0 Å². The summed E-state index contributed by atoms with van der Waals surface area (Å²) in [6, 6.07) is 7.69. The molecule has 0 aliphatic heterocycles. The fraction of sp³-hybridized carbons (Fsp3) is 0.100. The highest BCUT2D eigenvalue weighted by molar-refractivity contribution is 6.07. The van der Waals surface area contributed by atoms with Crippen molar-refractivity contribution in [1.29, 1.82) is 0 Å². The predicted octanol–water partition coefficient (Wildman–Crippen LogP) is 0.706. The lowest BCUT2D eigenvalue weighted by Crippen LogP contribution is -2.18. The third kappa shape index (κ3) is 1.17. The van der Waals surface area contributed by atoms with Gasteiger partial charge in [0.1, 0.15) is 0 Å². The lowest BCUT2D eigenvalue weighted by Gasteiger charge is -2.04. The second-order valence-electron chi connectivity index (χ2n) is 3.27. The Kier molecular flexibility index (Phi) is 1.73. The van der Waals surface area contributed by atoms with Crippen LogP contribution in [0.15, 0.2) is 35.3 Å². The number of fused-ring (bicyclic) bond motifs is 1. The molecule has 0 saturated carbocycles. The summed E-state index contributed by atoms with van der Waals surface area (Å²) in [6.45, 7) is 2.02. The number of benzene rings is 1. The molecule has 13 heavy (non-hydrogen) atoms. The minimum atomic E-state index is 0.0706. The highest BCUT2D eigenvalue weighted by Crippen LogP contribution is 2.12. The Morgan fingerprint density at radius 3 is 2.54 bits per heavy atom. The zero-order valence-electron chi connectivity index (χ0n) is 7.74. The van der Waals surface area contributed by atoms with Crippen molar-refractivity contribution in [1.82, 2.24) is 4.48 Å². The maximum atomic E-state index is 11.6. The molecule has 0 atom stereocenters. The molecule has 0 amide bonds. The second kappa shape index (κ2) is 2.77. The molecule has 1 heterocycles. The summed E-state index contributed by atoms with van der Waals surface area (Å²) in [5, 5.41) is 1.84. The molecule has 2 nitrogen and oxygen atoms in total. The van der Waals surface area contributed by atoms with Crippen molar-refractivity contribution in [2.24, 2.45) is 0 Å². The fourth-order valence-corrected chi connectivity index (χ4v) is 1.62. The molecule has 0 fully saturated rings. The van der Waals surface area contributed by atoms with E-state index in [-0.39, 0.29) is 5.56 Å². The van der Waals surface area contributed by atoms with Crippen LogP contribution in [0.3, 0.4) is 0 Å². The minimum Gasteiger partial charge on any atom is -0.367 e. The summed E-state index contributed by atoms with van der Waals surface area (Å²) >= 11 is 0. The van der Waals surface area contributed by atoms with E-state index >= 15 is 0 Å². The normalized spacial score (nSPS) is 10.5. The molecule has 0 bridgehead atoms. The van der Waals surface area contributed by atoms with Crippen molar-refractivity contribution < 1.29 is 0 Å². The molecule has 0 unspecified atom stereocenters. The summed E-state index contributed by atoms with van der Waals surface area (Å²) in [6.07, 6.45) is 1.87. The van der Waals surface area contributed by atoms with Gasteiger partial charge in [0.05, 0.1) is 0 Å². The molecule has 0 radical (unpaired) electrons. The van der Waals surface area contributed by atoms with Crippen LogP contribution in [0.4, 0.5) is 0 Å². The Hall–Kier alpha value is -1.51. The van der Waals surface area contributed by atoms with Crippen molar-refractivity contribution in [3.8, 4) is 0 Å². The molecule has 3 heteroatoms. The van der Waals surface area contributed by atoms with Gasteiger partial charge in [-0.2, -0.15) is 0 Å². The average molecular weight is 171 g/mol. The molecule has 0 aliphatic carbocycles. The quantitative estimate of drug-likeness (QED) is 0.535. The van der Waals surface area contributed by atoms with Crippen LogP contribution >= 0.6 is 0 Å². The van der Waals surface area contributed by atoms with Gasteiger partial charge in [-0.3, -0.25) is 4.79 Å². The van der Waals surface area contributed by atoms with E-state index in [0.29, 0.717) is 0 Å². The van der Waals surface area contributed by atoms with E-state index in [1.165, 1.54) is 0 Å². The van der Waals surface area contributed by atoms with Crippen molar-refractivity contribution >= 4 is 18.8 Å². The first-order chi connectivity index (χ1) is 6.20. The molecule has 1 aromatic heterocycles. The highest BCUT2D eigenvalue weighted by atomic mass is 16.1. The number of hydrogen-bond donors (Lipinski definition) is 0. The summed E-state index contributed by atoms with van der Waals surface area (Å²) in [7, 11) is 1.78. The highest BCUT2D eigenvalue weighted by Gasteiger charge is 2.01. The van der Waals surface area contributed by atoms with Gasteiger partial charge in [-0.05, 0) is 30.1 Å². The van der Waals surface area contributed by atoms with Crippen LogP contribution in [-0.2, 0) is 0 Å². The number of aromatic nitrogens is 1.